The zero-order valence-electron chi connectivity index (χ0n) is 12.6. The number of halogens is 1. The Balaban J connectivity index is 2.63. The van der Waals surface area contributed by atoms with Crippen molar-refractivity contribution in [2.75, 3.05) is 12.8 Å². The maximum absolute atomic E-state index is 11.3. The van der Waals surface area contributed by atoms with Crippen LogP contribution in [0.25, 0.3) is 0 Å². The van der Waals surface area contributed by atoms with E-state index >= 15 is 0 Å². The summed E-state index contributed by atoms with van der Waals surface area (Å²) in [5, 5.41) is 8.22. The van der Waals surface area contributed by atoms with Crippen LogP contribution in [0.4, 0.5) is 0 Å². The number of hydrogen-bond donors (Lipinski definition) is 2. The van der Waals surface area contributed by atoms with E-state index in [4.69, 9.17) is 11.6 Å². The first kappa shape index (κ1) is 17.4. The maximum atomic E-state index is 11.3. The fraction of sp³-hybridized carbons (Fsp3) is 0.750. The molecule has 0 aliphatic carbocycles. The van der Waals surface area contributed by atoms with Crippen molar-refractivity contribution in [1.29, 1.82) is 0 Å². The summed E-state index contributed by atoms with van der Waals surface area (Å²) >= 11 is 6.25. The zero-order chi connectivity index (χ0) is 15.6. The number of aromatic nitrogens is 2. The molecule has 0 fully saturated rings. The Hall–Kier alpha value is -0.630. The van der Waals surface area contributed by atoms with Crippen LogP contribution in [0, 0.1) is 0 Å². The lowest BCUT2D eigenvalue weighted by molar-refractivity contribution is 0.417. The second kappa shape index (κ2) is 6.43. The molecule has 6 nitrogen and oxygen atoms in total. The van der Waals surface area contributed by atoms with Gasteiger partial charge in [-0.3, -0.25) is 4.68 Å². The lowest BCUT2D eigenvalue weighted by Crippen LogP contribution is -2.49. The first-order valence-electron chi connectivity index (χ1n) is 6.45. The second-order valence-corrected chi connectivity index (χ2v) is 7.67. The predicted octanol–water partition coefficient (Wildman–Crippen LogP) is 1.05. The molecule has 1 aromatic rings. The number of sulfonamides is 1. The van der Waals surface area contributed by atoms with Crippen molar-refractivity contribution in [1.82, 2.24) is 19.8 Å². The summed E-state index contributed by atoms with van der Waals surface area (Å²) in [7, 11) is -1.38. The first-order chi connectivity index (χ1) is 9.06. The minimum absolute atomic E-state index is 0.489. The van der Waals surface area contributed by atoms with Crippen molar-refractivity contribution in [2.24, 2.45) is 7.05 Å². The van der Waals surface area contributed by atoms with Gasteiger partial charge in [0.25, 0.3) is 0 Å². The molecule has 2 N–H and O–H groups in total. The summed E-state index contributed by atoms with van der Waals surface area (Å²) in [6.45, 7) is 6.68. The third-order valence-corrected chi connectivity index (χ3v) is 4.18. The van der Waals surface area contributed by atoms with Crippen molar-refractivity contribution in [2.45, 2.75) is 39.3 Å². The van der Waals surface area contributed by atoms with Crippen LogP contribution >= 0.6 is 11.6 Å². The third kappa shape index (κ3) is 5.05. The molecule has 8 heteroatoms. The van der Waals surface area contributed by atoms with Crippen molar-refractivity contribution in [3.63, 3.8) is 0 Å². The lowest BCUT2D eigenvalue weighted by Gasteiger charge is -2.25. The molecule has 0 unspecified atom stereocenters. The predicted molar refractivity (Wildman–Crippen MR) is 81.4 cm³/mol. The monoisotopic (exact) mass is 322 g/mol. The van der Waals surface area contributed by atoms with E-state index in [0.717, 1.165) is 24.1 Å². The summed E-state index contributed by atoms with van der Waals surface area (Å²) in [5.74, 6) is 0. The average molecular weight is 323 g/mol. The Bertz CT molecular complexity index is 566. The van der Waals surface area contributed by atoms with Crippen molar-refractivity contribution >= 4 is 21.6 Å². The number of aryl methyl sites for hydroxylation is 2. The quantitative estimate of drug-likeness (QED) is 0.787. The van der Waals surface area contributed by atoms with Gasteiger partial charge in [0.15, 0.2) is 0 Å². The van der Waals surface area contributed by atoms with E-state index in [1.165, 1.54) is 0 Å². The summed E-state index contributed by atoms with van der Waals surface area (Å²) in [4.78, 5) is 0. The summed E-state index contributed by atoms with van der Waals surface area (Å²) in [5.41, 5.74) is 1.21. The molecule has 1 heterocycles. The fourth-order valence-corrected chi connectivity index (χ4v) is 3.48. The molecule has 0 amide bonds. The Morgan fingerprint density at radius 3 is 2.45 bits per heavy atom. The normalized spacial score (nSPS) is 12.9. The van der Waals surface area contributed by atoms with Crippen LogP contribution < -0.4 is 10.0 Å². The topological polar surface area (TPSA) is 76.0 Å². The number of hydrogen-bond acceptors (Lipinski definition) is 4. The van der Waals surface area contributed by atoms with Gasteiger partial charge in [-0.2, -0.15) is 5.10 Å². The minimum Gasteiger partial charge on any atom is -0.309 e. The van der Waals surface area contributed by atoms with E-state index in [0.29, 0.717) is 18.1 Å². The molecule has 0 aliphatic rings. The maximum Gasteiger partial charge on any atom is 0.209 e. The third-order valence-electron chi connectivity index (χ3n) is 2.82. The van der Waals surface area contributed by atoms with Crippen molar-refractivity contribution in [3.05, 3.63) is 16.4 Å². The van der Waals surface area contributed by atoms with Crippen molar-refractivity contribution < 1.29 is 8.42 Å². The van der Waals surface area contributed by atoms with Gasteiger partial charge in [-0.15, -0.1) is 0 Å². The van der Waals surface area contributed by atoms with Gasteiger partial charge in [0, 0.05) is 25.7 Å². The van der Waals surface area contributed by atoms with Crippen LogP contribution in [-0.2, 0) is 30.0 Å². The molecule has 0 radical (unpaired) electrons. The number of rotatable bonds is 7. The molecule has 0 saturated carbocycles. The van der Waals surface area contributed by atoms with E-state index in [9.17, 15) is 8.42 Å². The smallest absolute Gasteiger partial charge is 0.209 e. The van der Waals surface area contributed by atoms with Crippen LogP contribution in [0.1, 0.15) is 32.2 Å². The summed E-state index contributed by atoms with van der Waals surface area (Å²) in [6.07, 6.45) is 1.94. The highest BCUT2D eigenvalue weighted by molar-refractivity contribution is 7.88. The average Bonchev–Trinajstić information content (AvgIpc) is 2.52. The SMILES string of the molecule is CCc1nn(C)c(CNCC(C)(C)NS(C)(=O)=O)c1Cl. The molecule has 0 saturated heterocycles. The fourth-order valence-electron chi connectivity index (χ4n) is 2.04. The van der Waals surface area contributed by atoms with Gasteiger partial charge in [0.2, 0.25) is 10.0 Å². The molecule has 20 heavy (non-hydrogen) atoms. The van der Waals surface area contributed by atoms with Crippen LogP contribution in [0.15, 0.2) is 0 Å². The first-order valence-corrected chi connectivity index (χ1v) is 8.72. The molecule has 116 valence electrons. The molecule has 0 atom stereocenters. The Labute approximate surface area is 125 Å². The summed E-state index contributed by atoms with van der Waals surface area (Å²) < 4.78 is 26.8. The molecule has 0 aromatic carbocycles. The molecular weight excluding hydrogens is 300 g/mol. The van der Waals surface area contributed by atoms with E-state index < -0.39 is 15.6 Å². The number of nitrogens with one attached hydrogen (secondary N) is 2. The Morgan fingerprint density at radius 2 is 2.00 bits per heavy atom. The second-order valence-electron chi connectivity index (χ2n) is 5.55. The van der Waals surface area contributed by atoms with Gasteiger partial charge in [0.1, 0.15) is 0 Å². The van der Waals surface area contributed by atoms with Gasteiger partial charge in [-0.05, 0) is 20.3 Å². The van der Waals surface area contributed by atoms with Gasteiger partial charge in [-0.1, -0.05) is 18.5 Å². The van der Waals surface area contributed by atoms with Crippen LogP contribution in [0.2, 0.25) is 5.02 Å². The molecule has 1 rings (SSSR count). The molecular formula is C12H23ClN4O2S. The van der Waals surface area contributed by atoms with E-state index in [2.05, 4.69) is 15.1 Å². The highest BCUT2D eigenvalue weighted by atomic mass is 35.5. The Kier molecular flexibility index (Phi) is 5.60. The zero-order valence-corrected chi connectivity index (χ0v) is 14.2. The Morgan fingerprint density at radius 1 is 1.40 bits per heavy atom. The standard InChI is InChI=1S/C12H23ClN4O2S/c1-6-9-11(13)10(17(4)15-9)7-14-8-12(2,3)16-20(5,18)19/h14,16H,6-8H2,1-5H3. The van der Waals surface area contributed by atoms with Gasteiger partial charge < -0.3 is 5.32 Å². The lowest BCUT2D eigenvalue weighted by atomic mass is 10.1. The molecule has 0 spiro atoms. The highest BCUT2D eigenvalue weighted by Crippen LogP contribution is 2.20. The number of nitrogens with zero attached hydrogens (tertiary/aromatic N) is 2. The van der Waals surface area contributed by atoms with Gasteiger partial charge >= 0.3 is 0 Å². The minimum atomic E-state index is -3.23. The van der Waals surface area contributed by atoms with E-state index in [1.54, 1.807) is 4.68 Å². The largest absolute Gasteiger partial charge is 0.309 e. The van der Waals surface area contributed by atoms with Crippen LogP contribution in [0.5, 0.6) is 0 Å². The highest BCUT2D eigenvalue weighted by Gasteiger charge is 2.22. The van der Waals surface area contributed by atoms with Crippen LogP contribution in [0.3, 0.4) is 0 Å². The van der Waals surface area contributed by atoms with Crippen molar-refractivity contribution in [3.8, 4) is 0 Å². The molecule has 0 bridgehead atoms. The van der Waals surface area contributed by atoms with Gasteiger partial charge in [-0.25, -0.2) is 13.1 Å². The van der Waals surface area contributed by atoms with Crippen LogP contribution in [-0.4, -0.2) is 36.5 Å². The molecule has 0 aliphatic heterocycles. The summed E-state index contributed by atoms with van der Waals surface area (Å²) in [6, 6.07) is 0. The molecule has 1 aromatic heterocycles. The van der Waals surface area contributed by atoms with E-state index in [-0.39, 0.29) is 0 Å². The van der Waals surface area contributed by atoms with Gasteiger partial charge in [0.05, 0.1) is 22.7 Å². The van der Waals surface area contributed by atoms with E-state index in [1.807, 2.05) is 27.8 Å².